The van der Waals surface area contributed by atoms with E-state index in [1.807, 2.05) is 34.6 Å². The summed E-state index contributed by atoms with van der Waals surface area (Å²) in [5.74, 6) is 0.209. The van der Waals surface area contributed by atoms with Crippen molar-refractivity contribution in [3.8, 4) is 0 Å². The largest absolute Gasteiger partial charge is 0.383 e. The van der Waals surface area contributed by atoms with E-state index in [0.717, 1.165) is 5.56 Å². The van der Waals surface area contributed by atoms with Gasteiger partial charge in [-0.25, -0.2) is 4.98 Å². The van der Waals surface area contributed by atoms with E-state index in [1.165, 1.54) is 0 Å². The third-order valence-corrected chi connectivity index (χ3v) is 3.59. The first kappa shape index (κ1) is 13.6. The van der Waals surface area contributed by atoms with Crippen LogP contribution in [0.1, 0.15) is 43.6 Å². The summed E-state index contributed by atoms with van der Waals surface area (Å²) >= 11 is 0. The summed E-state index contributed by atoms with van der Waals surface area (Å²) in [6, 6.07) is 1.78. The molecular weight excluding hydrogens is 214 g/mol. The van der Waals surface area contributed by atoms with Crippen molar-refractivity contribution in [2.24, 2.45) is 11.1 Å². The monoisotopic (exact) mass is 235 g/mol. The number of nitrogens with two attached hydrogens (primary N) is 2. The van der Waals surface area contributed by atoms with Crippen LogP contribution in [0.2, 0.25) is 0 Å². The lowest BCUT2D eigenvalue weighted by Gasteiger charge is -2.37. The van der Waals surface area contributed by atoms with Gasteiger partial charge in [0.1, 0.15) is 5.82 Å². The lowest BCUT2D eigenvalue weighted by atomic mass is 9.70. The molecule has 0 amide bonds. The SMILES string of the molecule is Cc1ccnc(N)c1C(=O)C(C)(C)C(C)(C)N. The number of hydrogen-bond donors (Lipinski definition) is 2. The smallest absolute Gasteiger partial charge is 0.174 e. The average Bonchev–Trinajstić information content (AvgIpc) is 2.15. The molecular formula is C13H21N3O. The van der Waals surface area contributed by atoms with Gasteiger partial charge in [0.2, 0.25) is 0 Å². The molecule has 4 heteroatoms. The highest BCUT2D eigenvalue weighted by Gasteiger charge is 2.41. The van der Waals surface area contributed by atoms with Crippen molar-refractivity contribution in [3.63, 3.8) is 0 Å². The third-order valence-electron chi connectivity index (χ3n) is 3.59. The molecule has 1 aromatic rings. The van der Waals surface area contributed by atoms with E-state index in [0.29, 0.717) is 5.56 Å². The minimum absolute atomic E-state index is 0.0619. The molecule has 1 heterocycles. The Bertz CT molecular complexity index is 424. The third kappa shape index (κ3) is 2.31. The number of Topliss-reactive ketones (excluding diaryl/α,β-unsaturated/α-hetero) is 1. The molecule has 0 saturated heterocycles. The van der Waals surface area contributed by atoms with Crippen molar-refractivity contribution in [2.45, 2.75) is 40.2 Å². The molecule has 0 bridgehead atoms. The number of aryl methyl sites for hydroxylation is 1. The first-order chi connectivity index (χ1) is 7.59. The maximum atomic E-state index is 12.6. The van der Waals surface area contributed by atoms with Gasteiger partial charge in [-0.15, -0.1) is 0 Å². The summed E-state index contributed by atoms with van der Waals surface area (Å²) in [5.41, 5.74) is 11.8. The second-order valence-electron chi connectivity index (χ2n) is 5.56. The van der Waals surface area contributed by atoms with Crippen molar-refractivity contribution in [3.05, 3.63) is 23.4 Å². The summed E-state index contributed by atoms with van der Waals surface area (Å²) in [6.07, 6.45) is 1.60. The van der Waals surface area contributed by atoms with Crippen LogP contribution >= 0.6 is 0 Å². The number of carbonyl (C=O) groups excluding carboxylic acids is 1. The number of hydrogen-bond acceptors (Lipinski definition) is 4. The van der Waals surface area contributed by atoms with Crippen molar-refractivity contribution in [1.29, 1.82) is 0 Å². The summed E-state index contributed by atoms with van der Waals surface area (Å²) in [4.78, 5) is 16.5. The maximum absolute atomic E-state index is 12.6. The van der Waals surface area contributed by atoms with Gasteiger partial charge in [0, 0.05) is 17.2 Å². The second kappa shape index (κ2) is 4.11. The van der Waals surface area contributed by atoms with E-state index in [1.54, 1.807) is 12.3 Å². The van der Waals surface area contributed by atoms with Crippen molar-refractivity contribution in [2.75, 3.05) is 5.73 Å². The summed E-state index contributed by atoms with van der Waals surface area (Å²) in [6.45, 7) is 9.20. The van der Waals surface area contributed by atoms with Gasteiger partial charge >= 0.3 is 0 Å². The van der Waals surface area contributed by atoms with Crippen LogP contribution in [-0.2, 0) is 0 Å². The molecule has 0 spiro atoms. The lowest BCUT2D eigenvalue weighted by Crippen LogP contribution is -2.52. The number of anilines is 1. The molecule has 0 aromatic carbocycles. The predicted molar refractivity (Wildman–Crippen MR) is 69.8 cm³/mol. The molecule has 17 heavy (non-hydrogen) atoms. The molecule has 0 aliphatic carbocycles. The number of nitrogen functional groups attached to an aromatic ring is 1. The summed E-state index contributed by atoms with van der Waals surface area (Å²) in [5, 5.41) is 0. The summed E-state index contributed by atoms with van der Waals surface area (Å²) in [7, 11) is 0. The number of rotatable bonds is 3. The van der Waals surface area contributed by atoms with Gasteiger partial charge < -0.3 is 11.5 Å². The Morgan fingerprint density at radius 3 is 2.24 bits per heavy atom. The van der Waals surface area contributed by atoms with E-state index in [4.69, 9.17) is 11.5 Å². The van der Waals surface area contributed by atoms with Crippen LogP contribution in [-0.4, -0.2) is 16.3 Å². The zero-order valence-corrected chi connectivity index (χ0v) is 11.2. The number of aromatic nitrogens is 1. The second-order valence-corrected chi connectivity index (χ2v) is 5.56. The Labute approximate surface area is 102 Å². The Morgan fingerprint density at radius 2 is 1.82 bits per heavy atom. The highest BCUT2D eigenvalue weighted by Crippen LogP contribution is 2.34. The fourth-order valence-electron chi connectivity index (χ4n) is 1.48. The zero-order valence-electron chi connectivity index (χ0n) is 11.2. The average molecular weight is 235 g/mol. The van der Waals surface area contributed by atoms with Gasteiger partial charge in [0.25, 0.3) is 0 Å². The van der Waals surface area contributed by atoms with Gasteiger partial charge in [-0.2, -0.15) is 0 Å². The Balaban J connectivity index is 3.32. The van der Waals surface area contributed by atoms with Gasteiger partial charge in [-0.05, 0) is 32.4 Å². The zero-order chi connectivity index (χ0) is 13.4. The predicted octanol–water partition coefficient (Wildman–Crippen LogP) is 1.92. The van der Waals surface area contributed by atoms with Crippen LogP contribution in [0, 0.1) is 12.3 Å². The minimum Gasteiger partial charge on any atom is -0.383 e. The first-order valence-electron chi connectivity index (χ1n) is 5.64. The molecule has 94 valence electrons. The molecule has 0 saturated carbocycles. The first-order valence-corrected chi connectivity index (χ1v) is 5.64. The molecule has 0 fully saturated rings. The van der Waals surface area contributed by atoms with Crippen LogP contribution in [0.4, 0.5) is 5.82 Å². The number of nitrogens with zero attached hydrogens (tertiary/aromatic N) is 1. The van der Waals surface area contributed by atoms with Crippen molar-refractivity contribution >= 4 is 11.6 Å². The normalized spacial score (nSPS) is 12.6. The quantitative estimate of drug-likeness (QED) is 0.784. The van der Waals surface area contributed by atoms with E-state index in [9.17, 15) is 4.79 Å². The lowest BCUT2D eigenvalue weighted by molar-refractivity contribution is 0.0735. The van der Waals surface area contributed by atoms with E-state index >= 15 is 0 Å². The van der Waals surface area contributed by atoms with Crippen molar-refractivity contribution in [1.82, 2.24) is 4.98 Å². The Morgan fingerprint density at radius 1 is 1.29 bits per heavy atom. The molecule has 0 atom stereocenters. The molecule has 4 nitrogen and oxygen atoms in total. The topological polar surface area (TPSA) is 82.0 Å². The molecule has 0 unspecified atom stereocenters. The summed E-state index contributed by atoms with van der Waals surface area (Å²) < 4.78 is 0. The molecule has 0 aliphatic rings. The van der Waals surface area contributed by atoms with Crippen LogP contribution in [0.3, 0.4) is 0 Å². The van der Waals surface area contributed by atoms with Crippen LogP contribution in [0.15, 0.2) is 12.3 Å². The van der Waals surface area contributed by atoms with Crippen LogP contribution < -0.4 is 11.5 Å². The van der Waals surface area contributed by atoms with Crippen molar-refractivity contribution < 1.29 is 4.79 Å². The van der Waals surface area contributed by atoms with Crippen LogP contribution in [0.25, 0.3) is 0 Å². The molecule has 1 rings (SSSR count). The fourth-order valence-corrected chi connectivity index (χ4v) is 1.48. The number of ketones is 1. The fraction of sp³-hybridized carbons (Fsp3) is 0.538. The Kier molecular flexibility index (Phi) is 3.30. The minimum atomic E-state index is -0.699. The number of pyridine rings is 1. The number of carbonyl (C=O) groups is 1. The van der Waals surface area contributed by atoms with E-state index in [2.05, 4.69) is 4.98 Å². The van der Waals surface area contributed by atoms with Gasteiger partial charge in [-0.3, -0.25) is 4.79 Å². The Hall–Kier alpha value is -1.42. The van der Waals surface area contributed by atoms with Gasteiger partial charge in [0.05, 0.1) is 5.56 Å². The van der Waals surface area contributed by atoms with E-state index in [-0.39, 0.29) is 11.6 Å². The standard InChI is InChI=1S/C13H21N3O/c1-8-6-7-16-11(14)9(8)10(17)12(2,3)13(4,5)15/h6-7H,15H2,1-5H3,(H2,14,16). The molecule has 0 aliphatic heterocycles. The molecule has 1 aromatic heterocycles. The molecule has 0 radical (unpaired) electrons. The highest BCUT2D eigenvalue weighted by atomic mass is 16.1. The molecule has 4 N–H and O–H groups in total. The van der Waals surface area contributed by atoms with Gasteiger partial charge in [-0.1, -0.05) is 13.8 Å². The van der Waals surface area contributed by atoms with Crippen LogP contribution in [0.5, 0.6) is 0 Å². The van der Waals surface area contributed by atoms with E-state index < -0.39 is 11.0 Å². The maximum Gasteiger partial charge on any atom is 0.174 e. The van der Waals surface area contributed by atoms with Gasteiger partial charge in [0.15, 0.2) is 5.78 Å². The highest BCUT2D eigenvalue weighted by molar-refractivity contribution is 6.05.